The van der Waals surface area contributed by atoms with Crippen LogP contribution in [0, 0.1) is 12.8 Å². The van der Waals surface area contributed by atoms with Crippen LogP contribution in [0.1, 0.15) is 50.6 Å². The summed E-state index contributed by atoms with van der Waals surface area (Å²) in [6, 6.07) is 20.0. The third-order valence-corrected chi connectivity index (χ3v) is 8.15. The molecule has 0 radical (unpaired) electrons. The van der Waals surface area contributed by atoms with Crippen molar-refractivity contribution in [3.63, 3.8) is 0 Å². The van der Waals surface area contributed by atoms with Crippen molar-refractivity contribution >= 4 is 43.4 Å². The van der Waals surface area contributed by atoms with Crippen LogP contribution in [0.15, 0.2) is 71.5 Å². The molecule has 37 heavy (non-hydrogen) atoms. The van der Waals surface area contributed by atoms with E-state index < -0.39 is 0 Å². The highest BCUT2D eigenvalue weighted by Crippen LogP contribution is 2.39. The van der Waals surface area contributed by atoms with Crippen LogP contribution >= 0.6 is 11.3 Å². The van der Waals surface area contributed by atoms with Crippen LogP contribution in [0.3, 0.4) is 0 Å². The second-order valence-corrected chi connectivity index (χ2v) is 12.7. The van der Waals surface area contributed by atoms with E-state index in [-0.39, 0.29) is 5.41 Å². The van der Waals surface area contributed by atoms with E-state index in [1.165, 1.54) is 26.1 Å². The lowest BCUT2D eigenvalue weighted by atomic mass is 9.83. The first-order chi connectivity index (χ1) is 17.7. The Labute approximate surface area is 222 Å². The van der Waals surface area contributed by atoms with Crippen molar-refractivity contribution < 1.29 is 4.42 Å². The van der Waals surface area contributed by atoms with Crippen molar-refractivity contribution in [2.24, 2.45) is 5.92 Å². The molecule has 186 valence electrons. The molecule has 4 heterocycles. The zero-order chi connectivity index (χ0) is 25.9. The minimum Gasteiger partial charge on any atom is -0.446 e. The van der Waals surface area contributed by atoms with E-state index >= 15 is 0 Å². The van der Waals surface area contributed by atoms with Crippen LogP contribution in [0.4, 0.5) is 0 Å². The molecule has 3 nitrogen and oxygen atoms in total. The first kappa shape index (κ1) is 23.9. The lowest BCUT2D eigenvalue weighted by Crippen LogP contribution is -2.12. The maximum absolute atomic E-state index is 5.97. The predicted octanol–water partition coefficient (Wildman–Crippen LogP) is 9.73. The van der Waals surface area contributed by atoms with Crippen LogP contribution < -0.4 is 0 Å². The summed E-state index contributed by atoms with van der Waals surface area (Å²) in [5.74, 6) is 0.652. The number of aromatic nitrogens is 2. The summed E-state index contributed by atoms with van der Waals surface area (Å²) in [4.78, 5) is 11.2. The van der Waals surface area contributed by atoms with E-state index in [0.717, 1.165) is 45.1 Å². The fourth-order valence-electron chi connectivity index (χ4n) is 5.24. The Bertz CT molecular complexity index is 1780. The van der Waals surface area contributed by atoms with Crippen LogP contribution in [0.2, 0.25) is 0 Å². The topological polar surface area (TPSA) is 38.9 Å². The third-order valence-electron chi connectivity index (χ3n) is 7.03. The Morgan fingerprint density at radius 3 is 2.57 bits per heavy atom. The second-order valence-electron chi connectivity index (χ2n) is 11.6. The second kappa shape index (κ2) is 8.81. The fraction of sp³-hybridized carbons (Fsp3) is 0.273. The summed E-state index contributed by atoms with van der Waals surface area (Å²) in [6.45, 7) is 13.4. The molecule has 0 saturated heterocycles. The number of furan rings is 1. The van der Waals surface area contributed by atoms with Gasteiger partial charge in [-0.2, -0.15) is 0 Å². The molecule has 4 heteroatoms. The summed E-state index contributed by atoms with van der Waals surface area (Å²) in [5, 5.41) is 3.53. The van der Waals surface area contributed by atoms with Crippen molar-refractivity contribution in [3.8, 4) is 22.4 Å². The van der Waals surface area contributed by atoms with Gasteiger partial charge in [0.05, 0.1) is 22.9 Å². The molecule has 6 rings (SSSR count). The van der Waals surface area contributed by atoms with Gasteiger partial charge in [-0.25, -0.2) is 4.98 Å². The highest BCUT2D eigenvalue weighted by Gasteiger charge is 2.21. The molecule has 0 N–H and O–H groups in total. The van der Waals surface area contributed by atoms with Gasteiger partial charge in [0.25, 0.3) is 0 Å². The molecule has 6 aromatic rings. The molecule has 0 aliphatic heterocycles. The van der Waals surface area contributed by atoms with Crippen molar-refractivity contribution in [2.45, 2.75) is 53.4 Å². The Balaban J connectivity index is 1.56. The molecule has 0 atom stereocenters. The van der Waals surface area contributed by atoms with E-state index in [9.17, 15) is 0 Å². The van der Waals surface area contributed by atoms with Crippen LogP contribution in [-0.4, -0.2) is 9.97 Å². The molecule has 0 unspecified atom stereocenters. The molecule has 0 saturated carbocycles. The maximum atomic E-state index is 5.97. The highest BCUT2D eigenvalue weighted by atomic mass is 32.1. The quantitative estimate of drug-likeness (QED) is 0.240. The number of hydrogen-bond acceptors (Lipinski definition) is 4. The van der Waals surface area contributed by atoms with Crippen LogP contribution in [-0.2, 0) is 11.8 Å². The molecule has 0 aliphatic carbocycles. The van der Waals surface area contributed by atoms with Crippen molar-refractivity contribution in [3.05, 3.63) is 83.1 Å². The average Bonchev–Trinajstić information content (AvgIpc) is 3.43. The Morgan fingerprint density at radius 1 is 0.946 bits per heavy atom. The normalized spacial score (nSPS) is 12.4. The standard InChI is InChI=1S/C33H32N2OS/c1-19(2)12-25-14-22-10-9-21(16-29(22)37-25)26-17-28(35-32-30(26)20(3)18-36-32)24-13-23-8-7-11-34-31(23)27(15-24)33(4,5)6/h7-11,13-19H,12H2,1-6H3. The van der Waals surface area contributed by atoms with Crippen molar-refractivity contribution in [2.75, 3.05) is 0 Å². The number of pyridine rings is 2. The first-order valence-corrected chi connectivity index (χ1v) is 13.8. The van der Waals surface area contributed by atoms with Gasteiger partial charge in [-0.1, -0.05) is 52.8 Å². The number of rotatable bonds is 4. The number of thiophene rings is 1. The van der Waals surface area contributed by atoms with Crippen molar-refractivity contribution in [1.29, 1.82) is 0 Å². The largest absolute Gasteiger partial charge is 0.446 e. The molecule has 0 amide bonds. The van der Waals surface area contributed by atoms with E-state index in [4.69, 9.17) is 14.4 Å². The van der Waals surface area contributed by atoms with E-state index in [1.54, 1.807) is 0 Å². The average molecular weight is 505 g/mol. The van der Waals surface area contributed by atoms with Gasteiger partial charge in [0.1, 0.15) is 0 Å². The molecule has 0 fully saturated rings. The molecule has 0 spiro atoms. The van der Waals surface area contributed by atoms with E-state index in [0.29, 0.717) is 11.6 Å². The first-order valence-electron chi connectivity index (χ1n) is 13.0. The predicted molar refractivity (Wildman–Crippen MR) is 158 cm³/mol. The SMILES string of the molecule is Cc1coc2nc(-c3cc(C(C)(C)C)c4ncccc4c3)cc(-c3ccc4cc(CC(C)C)sc4c3)c12. The summed E-state index contributed by atoms with van der Waals surface area (Å²) in [6.07, 6.45) is 4.81. The van der Waals surface area contributed by atoms with E-state index in [1.807, 2.05) is 29.9 Å². The molecule has 0 aliphatic rings. The summed E-state index contributed by atoms with van der Waals surface area (Å²) in [5.41, 5.74) is 8.37. The summed E-state index contributed by atoms with van der Waals surface area (Å²) >= 11 is 1.91. The van der Waals surface area contributed by atoms with Gasteiger partial charge in [-0.15, -0.1) is 11.3 Å². The molecule has 4 aromatic heterocycles. The smallest absolute Gasteiger partial charge is 0.227 e. The van der Waals surface area contributed by atoms with Crippen LogP contribution in [0.25, 0.3) is 54.5 Å². The zero-order valence-corrected chi connectivity index (χ0v) is 23.2. The lowest BCUT2D eigenvalue weighted by Gasteiger charge is -2.22. The third kappa shape index (κ3) is 4.34. The van der Waals surface area contributed by atoms with Gasteiger partial charge in [0.15, 0.2) is 0 Å². The minimum absolute atomic E-state index is 0.0469. The number of nitrogens with zero attached hydrogens (tertiary/aromatic N) is 2. The van der Waals surface area contributed by atoms with Gasteiger partial charge in [0, 0.05) is 26.7 Å². The molecular weight excluding hydrogens is 472 g/mol. The monoisotopic (exact) mass is 504 g/mol. The fourth-order valence-corrected chi connectivity index (χ4v) is 6.55. The lowest BCUT2D eigenvalue weighted by molar-refractivity contribution is 0.594. The Hall–Kier alpha value is -3.50. The minimum atomic E-state index is -0.0469. The van der Waals surface area contributed by atoms with Gasteiger partial charge in [-0.05, 0) is 88.7 Å². The molecule has 0 bridgehead atoms. The number of benzene rings is 2. The van der Waals surface area contributed by atoms with Gasteiger partial charge in [-0.3, -0.25) is 4.98 Å². The maximum Gasteiger partial charge on any atom is 0.227 e. The number of aryl methyl sites for hydroxylation is 1. The number of fused-ring (bicyclic) bond motifs is 3. The van der Waals surface area contributed by atoms with Crippen molar-refractivity contribution in [1.82, 2.24) is 9.97 Å². The Kier molecular flexibility index (Phi) is 5.68. The van der Waals surface area contributed by atoms with Gasteiger partial charge < -0.3 is 4.42 Å². The zero-order valence-electron chi connectivity index (χ0n) is 22.3. The van der Waals surface area contributed by atoms with E-state index in [2.05, 4.69) is 90.1 Å². The van der Waals surface area contributed by atoms with Crippen LogP contribution in [0.5, 0.6) is 0 Å². The molecular formula is C33H32N2OS. The highest BCUT2D eigenvalue weighted by molar-refractivity contribution is 7.19. The number of hydrogen-bond donors (Lipinski definition) is 0. The van der Waals surface area contributed by atoms with Gasteiger partial charge in [0.2, 0.25) is 5.71 Å². The summed E-state index contributed by atoms with van der Waals surface area (Å²) < 4.78 is 7.30. The van der Waals surface area contributed by atoms with Gasteiger partial charge >= 0.3 is 0 Å². The molecule has 2 aromatic carbocycles. The summed E-state index contributed by atoms with van der Waals surface area (Å²) in [7, 11) is 0. The Morgan fingerprint density at radius 2 is 1.78 bits per heavy atom.